The number of imidazole rings is 1. The highest BCUT2D eigenvalue weighted by Gasteiger charge is 2.18. The van der Waals surface area contributed by atoms with Crippen LogP contribution in [0.25, 0.3) is 5.69 Å². The van der Waals surface area contributed by atoms with Crippen LogP contribution in [0.1, 0.15) is 22.1 Å². The Bertz CT molecular complexity index is 881. The van der Waals surface area contributed by atoms with E-state index < -0.39 is 0 Å². The quantitative estimate of drug-likeness (QED) is 0.650. The van der Waals surface area contributed by atoms with E-state index in [1.54, 1.807) is 22.1 Å². The number of hydrogen-bond donors (Lipinski definition) is 2. The van der Waals surface area contributed by atoms with Crippen molar-refractivity contribution in [2.75, 3.05) is 20.6 Å². The molecule has 0 fully saturated rings. The molecule has 0 aliphatic carbocycles. The summed E-state index contributed by atoms with van der Waals surface area (Å²) < 4.78 is 2.25. The average molecular weight is 373 g/mol. The molecule has 0 saturated heterocycles. The Morgan fingerprint density at radius 2 is 2.08 bits per heavy atom. The third-order valence-corrected chi connectivity index (χ3v) is 5.03. The van der Waals surface area contributed by atoms with E-state index in [9.17, 15) is 4.79 Å². The van der Waals surface area contributed by atoms with Gasteiger partial charge in [0.15, 0.2) is 4.77 Å². The SMILES string of the molecule is CN(C)[C@@H](CNC(=O)c1c[nH]c(=S)n1-c1ccccc1)c1ccsc1. The molecular formula is C18H20N4OS2. The summed E-state index contributed by atoms with van der Waals surface area (Å²) in [6.07, 6.45) is 1.65. The number of para-hydroxylation sites is 1. The van der Waals surface area contributed by atoms with Gasteiger partial charge >= 0.3 is 0 Å². The normalized spacial score (nSPS) is 12.3. The van der Waals surface area contributed by atoms with Crippen molar-refractivity contribution in [2.45, 2.75) is 6.04 Å². The van der Waals surface area contributed by atoms with Crippen LogP contribution in [0.4, 0.5) is 0 Å². The molecule has 0 radical (unpaired) electrons. The average Bonchev–Trinajstić information content (AvgIpc) is 3.25. The van der Waals surface area contributed by atoms with Gasteiger partial charge in [0.2, 0.25) is 0 Å². The molecule has 0 aliphatic heterocycles. The summed E-state index contributed by atoms with van der Waals surface area (Å²) in [4.78, 5) is 17.8. The van der Waals surface area contributed by atoms with Crippen LogP contribution in [0, 0.1) is 4.77 Å². The Hall–Kier alpha value is -2.22. The molecule has 7 heteroatoms. The minimum atomic E-state index is -0.154. The van der Waals surface area contributed by atoms with E-state index in [4.69, 9.17) is 12.2 Å². The highest BCUT2D eigenvalue weighted by Crippen LogP contribution is 2.20. The van der Waals surface area contributed by atoms with Crippen LogP contribution in [0.2, 0.25) is 0 Å². The van der Waals surface area contributed by atoms with Gasteiger partial charge in [-0.15, -0.1) is 0 Å². The molecule has 1 aromatic carbocycles. The lowest BCUT2D eigenvalue weighted by atomic mass is 10.1. The number of aromatic nitrogens is 2. The van der Waals surface area contributed by atoms with Gasteiger partial charge in [-0.2, -0.15) is 11.3 Å². The fourth-order valence-electron chi connectivity index (χ4n) is 2.71. The molecule has 130 valence electrons. The van der Waals surface area contributed by atoms with Gasteiger partial charge in [0.05, 0.1) is 6.04 Å². The number of H-pyrrole nitrogens is 1. The minimum absolute atomic E-state index is 0.127. The molecule has 0 aliphatic rings. The van der Waals surface area contributed by atoms with Gasteiger partial charge < -0.3 is 15.2 Å². The maximum Gasteiger partial charge on any atom is 0.269 e. The first kappa shape index (κ1) is 17.6. The van der Waals surface area contributed by atoms with Crippen molar-refractivity contribution in [2.24, 2.45) is 0 Å². The predicted octanol–water partition coefficient (Wildman–Crippen LogP) is 3.63. The lowest BCUT2D eigenvalue weighted by molar-refractivity contribution is 0.0935. The minimum Gasteiger partial charge on any atom is -0.349 e. The fourth-order valence-corrected chi connectivity index (χ4v) is 3.68. The molecule has 25 heavy (non-hydrogen) atoms. The molecule has 0 spiro atoms. The van der Waals surface area contributed by atoms with E-state index in [-0.39, 0.29) is 11.9 Å². The van der Waals surface area contributed by atoms with Crippen molar-refractivity contribution in [1.29, 1.82) is 0 Å². The van der Waals surface area contributed by atoms with Crippen LogP contribution < -0.4 is 5.32 Å². The molecular weight excluding hydrogens is 352 g/mol. The standard InChI is InChI=1S/C18H20N4OS2/c1-21(2)15(13-8-9-25-12-13)10-19-17(23)16-11-20-18(24)22(16)14-6-4-3-5-7-14/h3-9,11-12,15H,10H2,1-2H3,(H,19,23)(H,20,24)/t15-/m0/s1. The third kappa shape index (κ3) is 3.89. The Kier molecular flexibility index (Phi) is 5.47. The van der Waals surface area contributed by atoms with Crippen LogP contribution in [-0.4, -0.2) is 41.0 Å². The van der Waals surface area contributed by atoms with Crippen LogP contribution in [0.15, 0.2) is 53.4 Å². The van der Waals surface area contributed by atoms with E-state index in [0.717, 1.165) is 5.69 Å². The van der Waals surface area contributed by atoms with Crippen LogP contribution >= 0.6 is 23.6 Å². The first-order valence-electron chi connectivity index (χ1n) is 7.90. The second kappa shape index (κ2) is 7.77. The lowest BCUT2D eigenvalue weighted by Crippen LogP contribution is -2.35. The molecule has 0 unspecified atom stereocenters. The maximum atomic E-state index is 12.7. The number of carbonyl (C=O) groups is 1. The first-order valence-corrected chi connectivity index (χ1v) is 9.25. The third-order valence-electron chi connectivity index (χ3n) is 4.03. The summed E-state index contributed by atoms with van der Waals surface area (Å²) >= 11 is 6.99. The highest BCUT2D eigenvalue weighted by atomic mass is 32.1. The summed E-state index contributed by atoms with van der Waals surface area (Å²) in [5.74, 6) is -0.154. The maximum absolute atomic E-state index is 12.7. The van der Waals surface area contributed by atoms with Gasteiger partial charge in [0.1, 0.15) is 5.69 Å². The van der Waals surface area contributed by atoms with Crippen molar-refractivity contribution in [1.82, 2.24) is 19.8 Å². The zero-order valence-electron chi connectivity index (χ0n) is 14.1. The zero-order valence-corrected chi connectivity index (χ0v) is 15.7. The van der Waals surface area contributed by atoms with Gasteiger partial charge in [-0.25, -0.2) is 0 Å². The summed E-state index contributed by atoms with van der Waals surface area (Å²) in [7, 11) is 4.02. The fraction of sp³-hybridized carbons (Fsp3) is 0.222. The Labute approximate surface area is 155 Å². The lowest BCUT2D eigenvalue weighted by Gasteiger charge is -2.24. The summed E-state index contributed by atoms with van der Waals surface area (Å²) in [5, 5.41) is 7.19. The molecule has 2 N–H and O–H groups in total. The van der Waals surface area contributed by atoms with Gasteiger partial charge in [-0.3, -0.25) is 9.36 Å². The Balaban J connectivity index is 1.80. The number of benzene rings is 1. The second-order valence-corrected chi connectivity index (χ2v) is 7.06. The molecule has 0 saturated carbocycles. The number of rotatable bonds is 6. The van der Waals surface area contributed by atoms with Gasteiger partial charge in [-0.05, 0) is 60.8 Å². The summed E-state index contributed by atoms with van der Waals surface area (Å²) in [6, 6.07) is 11.8. The van der Waals surface area contributed by atoms with Crippen molar-refractivity contribution in [3.63, 3.8) is 0 Å². The Morgan fingerprint density at radius 1 is 1.32 bits per heavy atom. The second-order valence-electron chi connectivity index (χ2n) is 5.90. The Morgan fingerprint density at radius 3 is 2.72 bits per heavy atom. The van der Waals surface area contributed by atoms with E-state index in [2.05, 4.69) is 26.6 Å². The molecule has 3 aromatic rings. The summed E-state index contributed by atoms with van der Waals surface area (Å²) in [5.41, 5.74) is 2.56. The van der Waals surface area contributed by atoms with E-state index >= 15 is 0 Å². The topological polar surface area (TPSA) is 53.1 Å². The van der Waals surface area contributed by atoms with E-state index in [1.807, 2.05) is 49.8 Å². The molecule has 2 aromatic heterocycles. The van der Waals surface area contributed by atoms with Crippen molar-refractivity contribution >= 4 is 29.5 Å². The number of thiophene rings is 1. The number of nitrogens with one attached hydrogen (secondary N) is 2. The highest BCUT2D eigenvalue weighted by molar-refractivity contribution is 7.71. The van der Waals surface area contributed by atoms with Crippen molar-refractivity contribution < 1.29 is 4.79 Å². The van der Waals surface area contributed by atoms with Crippen LogP contribution in [0.3, 0.4) is 0 Å². The van der Waals surface area contributed by atoms with Crippen molar-refractivity contribution in [3.05, 3.63) is 69.4 Å². The van der Waals surface area contributed by atoms with Gasteiger partial charge in [0, 0.05) is 18.4 Å². The monoisotopic (exact) mass is 372 g/mol. The van der Waals surface area contributed by atoms with Crippen LogP contribution in [-0.2, 0) is 0 Å². The smallest absolute Gasteiger partial charge is 0.269 e. The number of hydrogen-bond acceptors (Lipinski definition) is 4. The van der Waals surface area contributed by atoms with Crippen LogP contribution in [0.5, 0.6) is 0 Å². The summed E-state index contributed by atoms with van der Waals surface area (Å²) in [6.45, 7) is 0.523. The number of carbonyl (C=O) groups excluding carboxylic acids is 1. The molecule has 0 bridgehead atoms. The molecule has 5 nitrogen and oxygen atoms in total. The number of amides is 1. The molecule has 2 heterocycles. The first-order chi connectivity index (χ1) is 12.1. The number of aromatic amines is 1. The number of likely N-dealkylation sites (N-methyl/N-ethyl adjacent to an activating group) is 1. The van der Waals surface area contributed by atoms with Gasteiger partial charge in [-0.1, -0.05) is 18.2 Å². The number of nitrogens with zero attached hydrogens (tertiary/aromatic N) is 2. The van der Waals surface area contributed by atoms with Crippen molar-refractivity contribution in [3.8, 4) is 5.69 Å². The van der Waals surface area contributed by atoms with E-state index in [0.29, 0.717) is 17.0 Å². The van der Waals surface area contributed by atoms with E-state index in [1.165, 1.54) is 5.56 Å². The molecule has 3 rings (SSSR count). The largest absolute Gasteiger partial charge is 0.349 e. The molecule has 1 atom stereocenters. The van der Waals surface area contributed by atoms with Gasteiger partial charge in [0.25, 0.3) is 5.91 Å². The molecule has 1 amide bonds. The predicted molar refractivity (Wildman–Crippen MR) is 104 cm³/mol. The zero-order chi connectivity index (χ0) is 17.8.